The molecule has 3 aromatic rings. The van der Waals surface area contributed by atoms with E-state index in [1.165, 1.54) is 20.4 Å². The molecule has 0 saturated carbocycles. The van der Waals surface area contributed by atoms with Gasteiger partial charge in [-0.1, -0.05) is 11.6 Å². The Bertz CT molecular complexity index is 1270. The van der Waals surface area contributed by atoms with Gasteiger partial charge in [-0.25, -0.2) is 22.1 Å². The van der Waals surface area contributed by atoms with Crippen LogP contribution in [0.15, 0.2) is 46.8 Å². The van der Waals surface area contributed by atoms with Gasteiger partial charge in [-0.05, 0) is 37.1 Å². The summed E-state index contributed by atoms with van der Waals surface area (Å²) in [5.74, 6) is 0.0188. The first kappa shape index (κ1) is 28.9. The Hall–Kier alpha value is -2.64. The quantitative estimate of drug-likeness (QED) is 0.209. The molecule has 0 spiro atoms. The molecule has 0 unspecified atom stereocenters. The first-order valence-electron chi connectivity index (χ1n) is 11.2. The van der Waals surface area contributed by atoms with E-state index in [-0.39, 0.29) is 28.7 Å². The van der Waals surface area contributed by atoms with Crippen molar-refractivity contribution < 1.29 is 31.8 Å². The minimum Gasteiger partial charge on any atom is -0.497 e. The predicted molar refractivity (Wildman–Crippen MR) is 142 cm³/mol. The number of aromatic nitrogens is 1. The van der Waals surface area contributed by atoms with Crippen LogP contribution in [0.25, 0.3) is 0 Å². The van der Waals surface area contributed by atoms with E-state index < -0.39 is 20.7 Å². The van der Waals surface area contributed by atoms with Crippen molar-refractivity contribution in [2.24, 2.45) is 0 Å². The fraction of sp³-hybridized carbons (Fsp3) is 0.375. The maximum absolute atomic E-state index is 15.3. The molecule has 37 heavy (non-hydrogen) atoms. The Morgan fingerprint density at radius 2 is 1.89 bits per heavy atom. The van der Waals surface area contributed by atoms with E-state index in [9.17, 15) is 8.42 Å². The molecule has 1 aromatic heterocycles. The Kier molecular flexibility index (Phi) is 10.4. The number of thiazole rings is 1. The molecule has 2 aromatic carbocycles. The molecule has 202 valence electrons. The fourth-order valence-corrected chi connectivity index (χ4v) is 6.17. The second-order valence-corrected chi connectivity index (χ2v) is 10.8. The van der Waals surface area contributed by atoms with Gasteiger partial charge in [-0.2, -0.15) is 0 Å². The number of nitrogens with zero attached hydrogens (tertiary/aromatic N) is 2. The molecule has 0 aliphatic heterocycles. The molecule has 1 heterocycles. The molecule has 9 nitrogen and oxygen atoms in total. The van der Waals surface area contributed by atoms with E-state index in [0.29, 0.717) is 36.4 Å². The minimum atomic E-state index is -4.40. The minimum absolute atomic E-state index is 0.0659. The lowest BCUT2D eigenvalue weighted by Crippen LogP contribution is -2.31. The number of ether oxygens (including phenoxy) is 4. The molecular weight excluding hydrogens is 545 g/mol. The number of hydrogen-bond acceptors (Lipinski definition) is 9. The van der Waals surface area contributed by atoms with Crippen LogP contribution in [0.3, 0.4) is 0 Å². The molecule has 0 aliphatic carbocycles. The Labute approximate surface area is 225 Å². The highest BCUT2D eigenvalue weighted by molar-refractivity contribution is 7.93. The maximum atomic E-state index is 15.3. The topological polar surface area (TPSA) is 99.2 Å². The van der Waals surface area contributed by atoms with Crippen molar-refractivity contribution in [3.8, 4) is 11.5 Å². The van der Waals surface area contributed by atoms with Gasteiger partial charge in [0.15, 0.2) is 11.4 Å². The molecule has 0 bridgehead atoms. The van der Waals surface area contributed by atoms with Crippen LogP contribution in [0, 0.1) is 5.82 Å². The van der Waals surface area contributed by atoms with Crippen LogP contribution in [-0.4, -0.2) is 54.7 Å². The second-order valence-electron chi connectivity index (χ2n) is 7.74. The van der Waals surface area contributed by atoms with E-state index in [2.05, 4.69) is 10.3 Å². The van der Waals surface area contributed by atoms with Gasteiger partial charge in [0.1, 0.15) is 22.2 Å². The summed E-state index contributed by atoms with van der Waals surface area (Å²) >= 11 is 7.47. The number of benzene rings is 2. The van der Waals surface area contributed by atoms with E-state index in [1.54, 1.807) is 37.8 Å². The third kappa shape index (κ3) is 7.02. The molecular formula is C24H29ClFN3O6S2. The number of anilines is 2. The monoisotopic (exact) mass is 573 g/mol. The molecule has 0 aliphatic rings. The van der Waals surface area contributed by atoms with E-state index >= 15 is 4.39 Å². The number of nitrogens with one attached hydrogen (secondary N) is 1. The third-order valence-electron chi connectivity index (χ3n) is 5.49. The molecule has 0 saturated heterocycles. The van der Waals surface area contributed by atoms with Crippen molar-refractivity contribution in [3.05, 3.63) is 58.3 Å². The van der Waals surface area contributed by atoms with Crippen molar-refractivity contribution in [3.63, 3.8) is 0 Å². The smallest absolute Gasteiger partial charge is 0.269 e. The van der Waals surface area contributed by atoms with Gasteiger partial charge >= 0.3 is 0 Å². The standard InChI is InChI=1S/C24H29ClFN3O6S2/c1-32-17-8-7-16(21(12-17)33-2)15-29(24-28-10-11-36-24)37(30,31)22-13-18(25)20(14-19(22)26)27-9-5-6-23(34-3)35-4/h7-8,10-14,23,27H,5-6,9,15H2,1-4H3. The lowest BCUT2D eigenvalue weighted by Gasteiger charge is -2.24. The summed E-state index contributed by atoms with van der Waals surface area (Å²) in [6.07, 6.45) is 2.40. The zero-order valence-electron chi connectivity index (χ0n) is 20.9. The largest absolute Gasteiger partial charge is 0.497 e. The summed E-state index contributed by atoms with van der Waals surface area (Å²) in [4.78, 5) is 3.59. The van der Waals surface area contributed by atoms with Crippen molar-refractivity contribution in [2.75, 3.05) is 44.6 Å². The first-order chi connectivity index (χ1) is 17.7. The van der Waals surface area contributed by atoms with Gasteiger partial charge < -0.3 is 24.3 Å². The summed E-state index contributed by atoms with van der Waals surface area (Å²) < 4.78 is 64.7. The van der Waals surface area contributed by atoms with Crippen molar-refractivity contribution in [1.29, 1.82) is 0 Å². The zero-order chi connectivity index (χ0) is 27.0. The third-order valence-corrected chi connectivity index (χ3v) is 8.46. The van der Waals surface area contributed by atoms with Gasteiger partial charge in [-0.15, -0.1) is 11.3 Å². The van der Waals surface area contributed by atoms with Crippen LogP contribution >= 0.6 is 22.9 Å². The highest BCUT2D eigenvalue weighted by Crippen LogP contribution is 2.35. The van der Waals surface area contributed by atoms with E-state index in [0.717, 1.165) is 27.8 Å². The maximum Gasteiger partial charge on any atom is 0.269 e. The van der Waals surface area contributed by atoms with Crippen LogP contribution in [0.1, 0.15) is 18.4 Å². The number of rotatable bonds is 14. The fourth-order valence-electron chi connectivity index (χ4n) is 3.54. The summed E-state index contributed by atoms with van der Waals surface area (Å²) in [5, 5.41) is 4.90. The summed E-state index contributed by atoms with van der Waals surface area (Å²) in [6, 6.07) is 7.19. The number of halogens is 2. The Morgan fingerprint density at radius 1 is 1.14 bits per heavy atom. The van der Waals surface area contributed by atoms with Gasteiger partial charge in [0.2, 0.25) is 0 Å². The average Bonchev–Trinajstić information content (AvgIpc) is 3.43. The van der Waals surface area contributed by atoms with Crippen LogP contribution in [0.2, 0.25) is 5.02 Å². The lowest BCUT2D eigenvalue weighted by atomic mass is 10.2. The molecule has 1 N–H and O–H groups in total. The SMILES string of the molecule is COc1ccc(CN(c2nccs2)S(=O)(=O)c2cc(Cl)c(NCCCC(OC)OC)cc2F)c(OC)c1. The number of methoxy groups -OCH3 is 4. The normalized spacial score (nSPS) is 11.5. The van der Waals surface area contributed by atoms with Crippen LogP contribution < -0.4 is 19.1 Å². The number of sulfonamides is 1. The Balaban J connectivity index is 1.89. The zero-order valence-corrected chi connectivity index (χ0v) is 23.3. The van der Waals surface area contributed by atoms with Gasteiger partial charge in [0.05, 0.1) is 31.5 Å². The van der Waals surface area contributed by atoms with Crippen LogP contribution in [0.5, 0.6) is 11.5 Å². The van der Waals surface area contributed by atoms with Crippen molar-refractivity contribution in [2.45, 2.75) is 30.6 Å². The molecule has 0 amide bonds. The summed E-state index contributed by atoms with van der Waals surface area (Å²) in [7, 11) is 1.68. The average molecular weight is 574 g/mol. The van der Waals surface area contributed by atoms with Gasteiger partial charge in [0, 0.05) is 44.0 Å². The molecule has 0 fully saturated rings. The number of hydrogen-bond donors (Lipinski definition) is 1. The first-order valence-corrected chi connectivity index (χ1v) is 13.9. The Morgan fingerprint density at radius 3 is 2.51 bits per heavy atom. The van der Waals surface area contributed by atoms with Gasteiger partial charge in [0.25, 0.3) is 10.0 Å². The van der Waals surface area contributed by atoms with E-state index in [4.69, 9.17) is 30.5 Å². The molecule has 0 radical (unpaired) electrons. The second kappa shape index (κ2) is 13.2. The van der Waals surface area contributed by atoms with Crippen LogP contribution in [-0.2, 0) is 26.0 Å². The van der Waals surface area contributed by atoms with Crippen molar-refractivity contribution >= 4 is 43.8 Å². The van der Waals surface area contributed by atoms with E-state index in [1.807, 2.05) is 0 Å². The molecule has 13 heteroatoms. The lowest BCUT2D eigenvalue weighted by molar-refractivity contribution is -0.106. The van der Waals surface area contributed by atoms with Crippen molar-refractivity contribution in [1.82, 2.24) is 4.98 Å². The van der Waals surface area contributed by atoms with Gasteiger partial charge in [-0.3, -0.25) is 0 Å². The molecule has 3 rings (SSSR count). The predicted octanol–water partition coefficient (Wildman–Crippen LogP) is 5.16. The summed E-state index contributed by atoms with van der Waals surface area (Å²) in [5.41, 5.74) is 0.819. The molecule has 0 atom stereocenters. The highest BCUT2D eigenvalue weighted by Gasteiger charge is 2.31. The summed E-state index contributed by atoms with van der Waals surface area (Å²) in [6.45, 7) is 0.303. The van der Waals surface area contributed by atoms with Crippen LogP contribution in [0.4, 0.5) is 15.2 Å². The highest BCUT2D eigenvalue weighted by atomic mass is 35.5.